The van der Waals surface area contributed by atoms with Gasteiger partial charge in [-0.05, 0) is 33.3 Å². The molecule has 0 aliphatic carbocycles. The van der Waals surface area contributed by atoms with E-state index in [-0.39, 0.29) is 5.56 Å². The third kappa shape index (κ3) is 4.05. The minimum atomic E-state index is -0.214. The summed E-state index contributed by atoms with van der Waals surface area (Å²) in [6, 6.07) is 9.85. The van der Waals surface area contributed by atoms with E-state index in [1.54, 1.807) is 13.1 Å². The molecule has 7 nitrogen and oxygen atoms in total. The molecule has 0 spiro atoms. The van der Waals surface area contributed by atoms with Gasteiger partial charge < -0.3 is 0 Å². The molecule has 0 atom stereocenters. The number of nitrogens with one attached hydrogen (secondary N) is 2. The summed E-state index contributed by atoms with van der Waals surface area (Å²) < 4.78 is 1.97. The Labute approximate surface area is 151 Å². The number of H-pyrrole nitrogens is 1. The summed E-state index contributed by atoms with van der Waals surface area (Å²) in [6.45, 7) is 8.51. The second kappa shape index (κ2) is 7.35. The molecule has 0 saturated carbocycles. The van der Waals surface area contributed by atoms with E-state index in [9.17, 15) is 4.79 Å². The Morgan fingerprint density at radius 3 is 2.62 bits per heavy atom. The van der Waals surface area contributed by atoms with Gasteiger partial charge in [-0.3, -0.25) is 14.5 Å². The first-order valence-corrected chi connectivity index (χ1v) is 8.39. The van der Waals surface area contributed by atoms with Crippen molar-refractivity contribution in [1.82, 2.24) is 19.7 Å². The van der Waals surface area contributed by atoms with Gasteiger partial charge in [0, 0.05) is 23.0 Å². The van der Waals surface area contributed by atoms with Crippen LogP contribution >= 0.6 is 0 Å². The molecule has 2 aromatic heterocycles. The third-order valence-electron chi connectivity index (χ3n) is 4.12. The van der Waals surface area contributed by atoms with Gasteiger partial charge in [-0.2, -0.15) is 10.2 Å². The zero-order valence-corrected chi connectivity index (χ0v) is 15.4. The SMILES string of the molecule is Cc1ccc(Cn2nc(C)c(/C=N\Nc3nc(C)cc(=O)[nH]3)c2C)cc1. The van der Waals surface area contributed by atoms with Crippen molar-refractivity contribution in [2.45, 2.75) is 34.2 Å². The fourth-order valence-corrected chi connectivity index (χ4v) is 2.71. The molecule has 0 amide bonds. The number of aromatic nitrogens is 4. The van der Waals surface area contributed by atoms with Crippen LogP contribution in [0, 0.1) is 27.7 Å². The lowest BCUT2D eigenvalue weighted by molar-refractivity contribution is 0.659. The molecule has 2 heterocycles. The zero-order valence-electron chi connectivity index (χ0n) is 15.4. The Morgan fingerprint density at radius 2 is 1.92 bits per heavy atom. The van der Waals surface area contributed by atoms with Crippen LogP contribution in [-0.4, -0.2) is 26.0 Å². The van der Waals surface area contributed by atoms with Crippen molar-refractivity contribution < 1.29 is 0 Å². The van der Waals surface area contributed by atoms with E-state index >= 15 is 0 Å². The van der Waals surface area contributed by atoms with Crippen LogP contribution in [-0.2, 0) is 6.54 Å². The lowest BCUT2D eigenvalue weighted by Crippen LogP contribution is -2.10. The van der Waals surface area contributed by atoms with Crippen LogP contribution in [0.1, 0.15) is 33.8 Å². The third-order valence-corrected chi connectivity index (χ3v) is 4.12. The molecule has 0 radical (unpaired) electrons. The number of aryl methyl sites for hydroxylation is 3. The number of hydrogen-bond acceptors (Lipinski definition) is 5. The maximum atomic E-state index is 11.4. The van der Waals surface area contributed by atoms with Gasteiger partial charge in [0.2, 0.25) is 5.95 Å². The zero-order chi connectivity index (χ0) is 18.7. The van der Waals surface area contributed by atoms with E-state index in [0.29, 0.717) is 18.2 Å². The molecular formula is C19H22N6O. The molecule has 134 valence electrons. The summed E-state index contributed by atoms with van der Waals surface area (Å²) in [6.07, 6.45) is 1.70. The number of anilines is 1. The van der Waals surface area contributed by atoms with Crippen molar-refractivity contribution >= 4 is 12.2 Å². The summed E-state index contributed by atoms with van der Waals surface area (Å²) in [5.74, 6) is 0.314. The first-order chi connectivity index (χ1) is 12.4. The first kappa shape index (κ1) is 17.6. The quantitative estimate of drug-likeness (QED) is 0.547. The van der Waals surface area contributed by atoms with Gasteiger partial charge >= 0.3 is 0 Å². The molecule has 0 unspecified atom stereocenters. The van der Waals surface area contributed by atoms with Gasteiger partial charge in [0.1, 0.15) is 0 Å². The maximum Gasteiger partial charge on any atom is 0.252 e. The van der Waals surface area contributed by atoms with Crippen LogP contribution in [0.4, 0.5) is 5.95 Å². The van der Waals surface area contributed by atoms with Gasteiger partial charge in [-0.1, -0.05) is 29.8 Å². The summed E-state index contributed by atoms with van der Waals surface area (Å²) >= 11 is 0. The maximum absolute atomic E-state index is 11.4. The predicted molar refractivity (Wildman–Crippen MR) is 103 cm³/mol. The minimum absolute atomic E-state index is 0.214. The molecule has 0 saturated heterocycles. The standard InChI is InChI=1S/C19H22N6O/c1-12-5-7-16(8-6-12)11-25-15(4)17(14(3)24-25)10-20-23-19-21-13(2)9-18(26)22-19/h5-10H,11H2,1-4H3,(H2,21,22,23,26)/b20-10-. The molecule has 3 rings (SSSR count). The van der Waals surface area contributed by atoms with E-state index in [1.807, 2.05) is 18.5 Å². The Kier molecular flexibility index (Phi) is 4.97. The number of rotatable bonds is 5. The second-order valence-corrected chi connectivity index (χ2v) is 6.33. The molecule has 0 aliphatic heterocycles. The number of aromatic amines is 1. The Hall–Kier alpha value is -3.22. The highest BCUT2D eigenvalue weighted by Crippen LogP contribution is 2.13. The van der Waals surface area contributed by atoms with Gasteiger partial charge in [-0.15, -0.1) is 0 Å². The number of hydrogen-bond donors (Lipinski definition) is 2. The van der Waals surface area contributed by atoms with Gasteiger partial charge in [-0.25, -0.2) is 10.4 Å². The van der Waals surface area contributed by atoms with E-state index in [0.717, 1.165) is 17.0 Å². The van der Waals surface area contributed by atoms with Crippen LogP contribution in [0.2, 0.25) is 0 Å². The second-order valence-electron chi connectivity index (χ2n) is 6.33. The highest BCUT2D eigenvalue weighted by atomic mass is 16.1. The lowest BCUT2D eigenvalue weighted by Gasteiger charge is -2.05. The Bertz CT molecular complexity index is 998. The number of hydrazone groups is 1. The van der Waals surface area contributed by atoms with E-state index in [2.05, 4.69) is 56.8 Å². The highest BCUT2D eigenvalue weighted by Gasteiger charge is 2.10. The molecule has 1 aromatic carbocycles. The summed E-state index contributed by atoms with van der Waals surface area (Å²) in [7, 11) is 0. The van der Waals surface area contributed by atoms with Crippen LogP contribution in [0.25, 0.3) is 0 Å². The van der Waals surface area contributed by atoms with Gasteiger partial charge in [0.05, 0.1) is 18.5 Å². The summed E-state index contributed by atoms with van der Waals surface area (Å²) in [5.41, 5.74) is 8.48. The number of nitrogens with zero attached hydrogens (tertiary/aromatic N) is 4. The minimum Gasteiger partial charge on any atom is -0.291 e. The van der Waals surface area contributed by atoms with E-state index < -0.39 is 0 Å². The molecule has 2 N–H and O–H groups in total. The fraction of sp³-hybridized carbons (Fsp3) is 0.263. The van der Waals surface area contributed by atoms with E-state index in [1.165, 1.54) is 17.2 Å². The molecule has 0 aliphatic rings. The van der Waals surface area contributed by atoms with Crippen LogP contribution in [0.3, 0.4) is 0 Å². The van der Waals surface area contributed by atoms with Crippen molar-refractivity contribution in [2.75, 3.05) is 5.43 Å². The molecule has 7 heteroatoms. The largest absolute Gasteiger partial charge is 0.291 e. The Balaban J connectivity index is 1.77. The molecule has 3 aromatic rings. The average molecular weight is 350 g/mol. The predicted octanol–water partition coefficient (Wildman–Crippen LogP) is 2.69. The summed E-state index contributed by atoms with van der Waals surface area (Å²) in [4.78, 5) is 18.2. The Morgan fingerprint density at radius 1 is 1.19 bits per heavy atom. The van der Waals surface area contributed by atoms with Crippen LogP contribution < -0.4 is 11.0 Å². The van der Waals surface area contributed by atoms with Crippen molar-refractivity contribution in [3.63, 3.8) is 0 Å². The molecule has 0 bridgehead atoms. The first-order valence-electron chi connectivity index (χ1n) is 8.39. The van der Waals surface area contributed by atoms with Crippen molar-refractivity contribution in [1.29, 1.82) is 0 Å². The van der Waals surface area contributed by atoms with Crippen molar-refractivity contribution in [2.24, 2.45) is 5.10 Å². The average Bonchev–Trinajstić information content (AvgIpc) is 2.83. The van der Waals surface area contributed by atoms with Crippen LogP contribution in [0.15, 0.2) is 40.2 Å². The van der Waals surface area contributed by atoms with Gasteiger partial charge in [0.15, 0.2) is 0 Å². The lowest BCUT2D eigenvalue weighted by atomic mass is 10.1. The summed E-state index contributed by atoms with van der Waals surface area (Å²) in [5, 5.41) is 8.79. The van der Waals surface area contributed by atoms with Crippen LogP contribution in [0.5, 0.6) is 0 Å². The van der Waals surface area contributed by atoms with Gasteiger partial charge in [0.25, 0.3) is 5.56 Å². The fourth-order valence-electron chi connectivity index (χ4n) is 2.71. The smallest absolute Gasteiger partial charge is 0.252 e. The molecule has 26 heavy (non-hydrogen) atoms. The normalized spacial score (nSPS) is 11.2. The molecule has 0 fully saturated rings. The monoisotopic (exact) mass is 350 g/mol. The van der Waals surface area contributed by atoms with Crippen molar-refractivity contribution in [3.8, 4) is 0 Å². The van der Waals surface area contributed by atoms with E-state index in [4.69, 9.17) is 0 Å². The number of benzene rings is 1. The highest BCUT2D eigenvalue weighted by molar-refractivity contribution is 5.83. The molecular weight excluding hydrogens is 328 g/mol. The van der Waals surface area contributed by atoms with Crippen molar-refractivity contribution in [3.05, 3.63) is 74.5 Å². The topological polar surface area (TPSA) is 88.0 Å².